The maximum absolute atomic E-state index is 10.8. The molecule has 1 unspecified atom stereocenters. The summed E-state index contributed by atoms with van der Waals surface area (Å²) in [6.45, 7) is -2.52. The number of rotatable bonds is 8. The van der Waals surface area contributed by atoms with E-state index in [1.807, 2.05) is 0 Å². The molecule has 12 nitrogen and oxygen atoms in total. The van der Waals surface area contributed by atoms with Gasteiger partial charge in [0.1, 0.15) is 43.2 Å². The van der Waals surface area contributed by atoms with E-state index in [4.69, 9.17) is 14.2 Å². The van der Waals surface area contributed by atoms with Crippen LogP contribution in [0.2, 0.25) is 0 Å². The molecule has 0 amide bonds. The van der Waals surface area contributed by atoms with Gasteiger partial charge in [0.05, 0.1) is 13.2 Å². The highest BCUT2D eigenvalue weighted by Crippen LogP contribution is 2.39. The molecule has 9 atom stereocenters. The van der Waals surface area contributed by atoms with Crippen molar-refractivity contribution in [2.75, 3.05) is 19.8 Å². The second-order valence-corrected chi connectivity index (χ2v) is 7.62. The predicted octanol–water partition coefficient (Wildman–Crippen LogP) is -4.28. The first-order chi connectivity index (χ1) is 14.7. The Balaban J connectivity index is 1.97. The summed E-state index contributed by atoms with van der Waals surface area (Å²) in [7, 11) is 0. The molecule has 0 spiro atoms. The van der Waals surface area contributed by atoms with Gasteiger partial charge >= 0.3 is 0 Å². The van der Waals surface area contributed by atoms with E-state index in [9.17, 15) is 40.9 Å². The van der Waals surface area contributed by atoms with Gasteiger partial charge in [-0.15, -0.1) is 0 Å². The quantitative estimate of drug-likeness (QED) is 0.174. The highest BCUT2D eigenvalue weighted by Gasteiger charge is 2.63. The van der Waals surface area contributed by atoms with Crippen molar-refractivity contribution in [3.63, 3.8) is 0 Å². The Kier molecular flexibility index (Phi) is 7.63. The lowest BCUT2D eigenvalue weighted by molar-refractivity contribution is -0.444. The second-order valence-electron chi connectivity index (χ2n) is 7.62. The summed E-state index contributed by atoms with van der Waals surface area (Å²) < 4.78 is 16.7. The van der Waals surface area contributed by atoms with Crippen LogP contribution in [-0.4, -0.2) is 115 Å². The van der Waals surface area contributed by atoms with Crippen LogP contribution in [0.4, 0.5) is 0 Å². The summed E-state index contributed by atoms with van der Waals surface area (Å²) in [5.74, 6) is -4.78. The van der Waals surface area contributed by atoms with Crippen LogP contribution >= 0.6 is 0 Å². The molecule has 2 saturated heterocycles. The van der Waals surface area contributed by atoms with Crippen LogP contribution in [0.5, 0.6) is 0 Å². The largest absolute Gasteiger partial charge is 0.394 e. The number of aliphatic hydroxyl groups excluding tert-OH is 8. The minimum atomic E-state index is -2.41. The van der Waals surface area contributed by atoms with E-state index in [1.54, 1.807) is 30.3 Å². The number of hydrogen-bond acceptors (Lipinski definition) is 12. The summed E-state index contributed by atoms with van der Waals surface area (Å²) >= 11 is 0. The average Bonchev–Trinajstić information content (AvgIpc) is 3.04. The molecule has 2 aliphatic rings. The van der Waals surface area contributed by atoms with Crippen LogP contribution in [0.1, 0.15) is 5.56 Å². The van der Waals surface area contributed by atoms with Crippen molar-refractivity contribution in [1.82, 2.24) is 5.32 Å². The SMILES string of the molecule is OC[C@H]1OC(CO)(O[C@]2(NCc3ccccc3)O[C@H](CO)[C@@H](O)[C@H](O)[C@H]2O)[C@@H](O)[C@@H]1O. The van der Waals surface area contributed by atoms with E-state index in [0.29, 0.717) is 5.56 Å². The Morgan fingerprint density at radius 3 is 1.97 bits per heavy atom. The van der Waals surface area contributed by atoms with Gasteiger partial charge in [0, 0.05) is 6.54 Å². The van der Waals surface area contributed by atoms with Crippen molar-refractivity contribution in [3.8, 4) is 0 Å². The molecule has 0 aromatic heterocycles. The second kappa shape index (κ2) is 9.70. The molecular weight excluding hydrogens is 418 g/mol. The standard InChI is InChI=1S/C19H29NO11/c21-7-11-13(24)15(26)17(28)19(30-11,20-6-10-4-2-1-3-5-10)31-18(9-23)16(27)14(25)12(8-22)29-18/h1-5,11-17,20-28H,6-9H2/t11-,12-,13-,14-,15+,16+,17-,18?,19-/m1/s1. The van der Waals surface area contributed by atoms with Crippen LogP contribution in [0, 0.1) is 0 Å². The number of ether oxygens (including phenoxy) is 3. The zero-order valence-electron chi connectivity index (χ0n) is 16.6. The number of hydrogen-bond donors (Lipinski definition) is 9. The molecule has 1 aromatic carbocycles. The molecule has 0 saturated carbocycles. The average molecular weight is 447 g/mol. The van der Waals surface area contributed by atoms with Crippen molar-refractivity contribution >= 4 is 0 Å². The maximum atomic E-state index is 10.8. The summed E-state index contributed by atoms with van der Waals surface area (Å²) in [4.78, 5) is 0. The van der Waals surface area contributed by atoms with Crippen LogP contribution in [-0.2, 0) is 20.8 Å². The third-order valence-corrected chi connectivity index (χ3v) is 5.56. The van der Waals surface area contributed by atoms with Crippen LogP contribution < -0.4 is 5.32 Å². The van der Waals surface area contributed by atoms with Gasteiger partial charge in [0.15, 0.2) is 6.10 Å². The van der Waals surface area contributed by atoms with Gasteiger partial charge in [-0.3, -0.25) is 10.1 Å². The van der Waals surface area contributed by atoms with Gasteiger partial charge in [-0.1, -0.05) is 30.3 Å². The molecule has 2 heterocycles. The molecule has 2 aliphatic heterocycles. The molecular formula is C19H29NO11. The van der Waals surface area contributed by atoms with Gasteiger partial charge in [-0.05, 0) is 5.56 Å². The monoisotopic (exact) mass is 447 g/mol. The Hall–Kier alpha value is -1.26. The van der Waals surface area contributed by atoms with Gasteiger partial charge in [0.2, 0.25) is 5.79 Å². The molecule has 1 aromatic rings. The lowest BCUT2D eigenvalue weighted by Crippen LogP contribution is -2.74. The summed E-state index contributed by atoms with van der Waals surface area (Å²) in [6, 6.07) is 8.75. The van der Waals surface area contributed by atoms with Gasteiger partial charge in [-0.25, -0.2) is 0 Å². The molecule has 2 fully saturated rings. The predicted molar refractivity (Wildman–Crippen MR) is 101 cm³/mol. The van der Waals surface area contributed by atoms with Gasteiger partial charge in [-0.2, -0.15) is 0 Å². The summed E-state index contributed by atoms with van der Waals surface area (Å²) in [5.41, 5.74) is 0.696. The first kappa shape index (κ1) is 24.4. The molecule has 3 rings (SSSR count). The molecule has 31 heavy (non-hydrogen) atoms. The van der Waals surface area contributed by atoms with Gasteiger partial charge in [0.25, 0.3) is 5.91 Å². The summed E-state index contributed by atoms with van der Waals surface area (Å²) in [6.07, 6.45) is -11.8. The first-order valence-corrected chi connectivity index (χ1v) is 9.81. The minimum absolute atomic E-state index is 0.0115. The third-order valence-electron chi connectivity index (χ3n) is 5.56. The van der Waals surface area contributed by atoms with Crippen LogP contribution in [0.3, 0.4) is 0 Å². The summed E-state index contributed by atoms with van der Waals surface area (Å²) in [5, 5.41) is 83.5. The fourth-order valence-corrected chi connectivity index (χ4v) is 3.74. The first-order valence-electron chi connectivity index (χ1n) is 9.81. The fraction of sp³-hybridized carbons (Fsp3) is 0.684. The normalized spacial score (nSPS) is 43.3. The van der Waals surface area contributed by atoms with Crippen molar-refractivity contribution in [3.05, 3.63) is 35.9 Å². The Morgan fingerprint density at radius 2 is 1.42 bits per heavy atom. The number of aliphatic hydroxyl groups is 8. The highest BCUT2D eigenvalue weighted by atomic mass is 16.8. The zero-order valence-corrected chi connectivity index (χ0v) is 16.6. The van der Waals surface area contributed by atoms with E-state index >= 15 is 0 Å². The molecule has 0 bridgehead atoms. The smallest absolute Gasteiger partial charge is 0.260 e. The van der Waals surface area contributed by atoms with E-state index in [2.05, 4.69) is 5.32 Å². The van der Waals surface area contributed by atoms with E-state index in [1.165, 1.54) is 0 Å². The van der Waals surface area contributed by atoms with Gasteiger partial charge < -0.3 is 50.3 Å². The zero-order chi connectivity index (χ0) is 22.8. The molecule has 176 valence electrons. The Bertz CT molecular complexity index is 709. The fourth-order valence-electron chi connectivity index (χ4n) is 3.74. The van der Waals surface area contributed by atoms with Crippen molar-refractivity contribution < 1.29 is 55.1 Å². The molecule has 12 heteroatoms. The van der Waals surface area contributed by atoms with E-state index < -0.39 is 74.2 Å². The van der Waals surface area contributed by atoms with Crippen molar-refractivity contribution in [2.24, 2.45) is 0 Å². The van der Waals surface area contributed by atoms with Crippen molar-refractivity contribution in [1.29, 1.82) is 0 Å². The van der Waals surface area contributed by atoms with Crippen molar-refractivity contribution in [2.45, 2.75) is 61.0 Å². The van der Waals surface area contributed by atoms with Crippen LogP contribution in [0.25, 0.3) is 0 Å². The maximum Gasteiger partial charge on any atom is 0.260 e. The lowest BCUT2D eigenvalue weighted by Gasteiger charge is -2.51. The topological polar surface area (TPSA) is 202 Å². The lowest BCUT2D eigenvalue weighted by atomic mass is 9.95. The van der Waals surface area contributed by atoms with E-state index in [0.717, 1.165) is 0 Å². The number of benzene rings is 1. The molecule has 0 aliphatic carbocycles. The van der Waals surface area contributed by atoms with E-state index in [-0.39, 0.29) is 6.54 Å². The molecule has 9 N–H and O–H groups in total. The Labute approximate surface area is 177 Å². The minimum Gasteiger partial charge on any atom is -0.394 e. The number of nitrogens with one attached hydrogen (secondary N) is 1. The Morgan fingerprint density at radius 1 is 0.806 bits per heavy atom. The molecule has 0 radical (unpaired) electrons. The van der Waals surface area contributed by atoms with Crippen LogP contribution in [0.15, 0.2) is 30.3 Å². The third kappa shape index (κ3) is 4.48. The highest BCUT2D eigenvalue weighted by molar-refractivity contribution is 5.15.